The highest BCUT2D eigenvalue weighted by molar-refractivity contribution is 5.93. The lowest BCUT2D eigenvalue weighted by atomic mass is 9.93. The molecule has 0 aliphatic rings. The van der Waals surface area contributed by atoms with E-state index in [1.807, 2.05) is 75.4 Å². The Balaban J connectivity index is 1.76. The number of ether oxygens (including phenoxy) is 1. The van der Waals surface area contributed by atoms with Crippen LogP contribution in [0.5, 0.6) is 0 Å². The third kappa shape index (κ3) is 5.43. The van der Waals surface area contributed by atoms with E-state index in [4.69, 9.17) is 9.26 Å². The summed E-state index contributed by atoms with van der Waals surface area (Å²) in [6.07, 6.45) is 1.09. The molecule has 176 valence electrons. The Hall–Kier alpha value is -3.71. The normalized spacial score (nSPS) is 13.4. The fourth-order valence-electron chi connectivity index (χ4n) is 3.84. The van der Waals surface area contributed by atoms with Crippen molar-refractivity contribution >= 4 is 17.1 Å². The van der Waals surface area contributed by atoms with Gasteiger partial charge in [-0.25, -0.2) is 4.79 Å². The first kappa shape index (κ1) is 23.4. The molecule has 0 saturated heterocycles. The van der Waals surface area contributed by atoms with Crippen molar-refractivity contribution in [3.05, 3.63) is 83.7 Å². The topological polar surface area (TPSA) is 97.5 Å². The van der Waals surface area contributed by atoms with Crippen LogP contribution in [0.15, 0.2) is 71.4 Å². The fraction of sp³-hybridized carbons (Fsp3) is 0.296. The van der Waals surface area contributed by atoms with Crippen molar-refractivity contribution in [2.45, 2.75) is 51.9 Å². The molecule has 2 aromatic heterocycles. The number of alkyl carbamates (subject to hydrolysis) is 1. The number of benzene rings is 2. The zero-order chi connectivity index (χ0) is 24.3. The van der Waals surface area contributed by atoms with Gasteiger partial charge < -0.3 is 19.7 Å². The molecule has 34 heavy (non-hydrogen) atoms. The Morgan fingerprint density at radius 2 is 1.88 bits per heavy atom. The molecule has 2 atom stereocenters. The molecular formula is C27H29N3O4. The van der Waals surface area contributed by atoms with Gasteiger partial charge in [0, 0.05) is 29.3 Å². The van der Waals surface area contributed by atoms with E-state index in [2.05, 4.69) is 15.5 Å². The van der Waals surface area contributed by atoms with E-state index in [0.717, 1.165) is 27.8 Å². The number of amides is 1. The van der Waals surface area contributed by atoms with E-state index < -0.39 is 23.8 Å². The Morgan fingerprint density at radius 3 is 2.59 bits per heavy atom. The number of carbonyl (C=O) groups is 1. The lowest BCUT2D eigenvalue weighted by Crippen LogP contribution is -2.36. The van der Waals surface area contributed by atoms with Crippen molar-refractivity contribution in [1.29, 1.82) is 0 Å². The van der Waals surface area contributed by atoms with Gasteiger partial charge in [0.15, 0.2) is 5.58 Å². The van der Waals surface area contributed by atoms with Crippen molar-refractivity contribution in [3.63, 3.8) is 0 Å². The molecule has 1 amide bonds. The fourth-order valence-corrected chi connectivity index (χ4v) is 3.84. The van der Waals surface area contributed by atoms with Crippen LogP contribution >= 0.6 is 0 Å². The van der Waals surface area contributed by atoms with E-state index in [1.54, 1.807) is 19.2 Å². The van der Waals surface area contributed by atoms with Crippen LogP contribution < -0.4 is 5.32 Å². The van der Waals surface area contributed by atoms with Crippen LogP contribution in [-0.2, 0) is 11.2 Å². The van der Waals surface area contributed by atoms with Gasteiger partial charge in [-0.05, 0) is 63.1 Å². The van der Waals surface area contributed by atoms with Gasteiger partial charge in [-0.3, -0.25) is 4.98 Å². The molecule has 0 saturated carbocycles. The molecule has 0 aliphatic carbocycles. The summed E-state index contributed by atoms with van der Waals surface area (Å²) in [7, 11) is 0. The molecule has 2 N–H and O–H groups in total. The molecule has 4 aromatic rings. The maximum atomic E-state index is 12.7. The van der Waals surface area contributed by atoms with Crippen LogP contribution in [0.1, 0.15) is 56.7 Å². The van der Waals surface area contributed by atoms with Crippen molar-refractivity contribution < 1.29 is 19.2 Å². The van der Waals surface area contributed by atoms with Gasteiger partial charge in [0.25, 0.3) is 0 Å². The standard InChI is InChI=1S/C27H29N3O4/c1-17(31)18-12-13-22-24(15-18)34-30-25(22)21-11-6-5-10-20(21)23(16-19-9-7-8-14-28-19)29-26(32)33-27(2,3)4/h5-15,17,23,31H,16H2,1-4H3,(H,29,32)/t17?,23-/m0/s1. The zero-order valence-corrected chi connectivity index (χ0v) is 19.8. The number of aliphatic hydroxyl groups excluding tert-OH is 1. The summed E-state index contributed by atoms with van der Waals surface area (Å²) >= 11 is 0. The number of pyridine rings is 1. The van der Waals surface area contributed by atoms with Gasteiger partial charge in [-0.2, -0.15) is 0 Å². The van der Waals surface area contributed by atoms with Gasteiger partial charge in [-0.15, -0.1) is 0 Å². The van der Waals surface area contributed by atoms with Crippen molar-refractivity contribution in [1.82, 2.24) is 15.5 Å². The summed E-state index contributed by atoms with van der Waals surface area (Å²) in [5.74, 6) is 0. The van der Waals surface area contributed by atoms with E-state index in [-0.39, 0.29) is 0 Å². The lowest BCUT2D eigenvalue weighted by molar-refractivity contribution is 0.0503. The van der Waals surface area contributed by atoms with Crippen LogP contribution in [0.2, 0.25) is 0 Å². The van der Waals surface area contributed by atoms with Crippen LogP contribution in [-0.4, -0.2) is 26.9 Å². The summed E-state index contributed by atoms with van der Waals surface area (Å²) in [6, 6.07) is 18.6. The number of fused-ring (bicyclic) bond motifs is 1. The van der Waals surface area contributed by atoms with E-state index >= 15 is 0 Å². The molecular weight excluding hydrogens is 430 g/mol. The molecule has 7 nitrogen and oxygen atoms in total. The average Bonchev–Trinajstić information content (AvgIpc) is 3.21. The summed E-state index contributed by atoms with van der Waals surface area (Å²) < 4.78 is 11.1. The SMILES string of the molecule is CC(O)c1ccc2c(-c3ccccc3[C@H](Cc3ccccn3)NC(=O)OC(C)(C)C)noc2c1. The zero-order valence-electron chi connectivity index (χ0n) is 19.8. The van der Waals surface area contributed by atoms with Gasteiger partial charge in [0.1, 0.15) is 11.3 Å². The number of hydrogen-bond donors (Lipinski definition) is 2. The lowest BCUT2D eigenvalue weighted by Gasteiger charge is -2.25. The summed E-state index contributed by atoms with van der Waals surface area (Å²) in [5, 5.41) is 18.1. The monoisotopic (exact) mass is 459 g/mol. The second kappa shape index (κ2) is 9.65. The number of aromatic nitrogens is 2. The van der Waals surface area contributed by atoms with E-state index in [1.165, 1.54) is 0 Å². The molecule has 0 aliphatic heterocycles. The average molecular weight is 460 g/mol. The second-order valence-corrected chi connectivity index (χ2v) is 9.27. The van der Waals surface area contributed by atoms with E-state index in [0.29, 0.717) is 17.7 Å². The predicted octanol–water partition coefficient (Wildman–Crippen LogP) is 5.75. The maximum absolute atomic E-state index is 12.7. The Labute approximate surface area is 198 Å². The molecule has 0 radical (unpaired) electrons. The quantitative estimate of drug-likeness (QED) is 0.381. The van der Waals surface area contributed by atoms with Crippen LogP contribution in [0.3, 0.4) is 0 Å². The first-order valence-electron chi connectivity index (χ1n) is 11.3. The number of nitrogens with one attached hydrogen (secondary N) is 1. The molecule has 0 bridgehead atoms. The summed E-state index contributed by atoms with van der Waals surface area (Å²) in [5.41, 5.74) is 3.93. The molecule has 0 fully saturated rings. The van der Waals surface area contributed by atoms with Crippen molar-refractivity contribution in [3.8, 4) is 11.3 Å². The molecule has 2 aromatic carbocycles. The molecule has 2 heterocycles. The highest BCUT2D eigenvalue weighted by Gasteiger charge is 2.25. The molecule has 1 unspecified atom stereocenters. The number of nitrogens with zero attached hydrogens (tertiary/aromatic N) is 2. The molecule has 0 spiro atoms. The first-order chi connectivity index (χ1) is 16.2. The Morgan fingerprint density at radius 1 is 1.12 bits per heavy atom. The third-order valence-corrected chi connectivity index (χ3v) is 5.40. The second-order valence-electron chi connectivity index (χ2n) is 9.27. The highest BCUT2D eigenvalue weighted by Crippen LogP contribution is 2.35. The number of rotatable bonds is 6. The van der Waals surface area contributed by atoms with Crippen LogP contribution in [0, 0.1) is 0 Å². The highest BCUT2D eigenvalue weighted by atomic mass is 16.6. The third-order valence-electron chi connectivity index (χ3n) is 5.40. The largest absolute Gasteiger partial charge is 0.444 e. The summed E-state index contributed by atoms with van der Waals surface area (Å²) in [4.78, 5) is 17.2. The minimum absolute atomic E-state index is 0.413. The number of aliphatic hydroxyl groups is 1. The van der Waals surface area contributed by atoms with Crippen molar-refractivity contribution in [2.75, 3.05) is 0 Å². The van der Waals surface area contributed by atoms with Gasteiger partial charge in [-0.1, -0.05) is 41.6 Å². The van der Waals surface area contributed by atoms with Crippen LogP contribution in [0.4, 0.5) is 4.79 Å². The smallest absolute Gasteiger partial charge is 0.408 e. The first-order valence-corrected chi connectivity index (χ1v) is 11.3. The summed E-state index contributed by atoms with van der Waals surface area (Å²) in [6.45, 7) is 7.20. The number of hydrogen-bond acceptors (Lipinski definition) is 6. The minimum atomic E-state index is -0.622. The predicted molar refractivity (Wildman–Crippen MR) is 130 cm³/mol. The molecule has 4 rings (SSSR count). The van der Waals surface area contributed by atoms with Gasteiger partial charge in [0.05, 0.1) is 12.1 Å². The Kier molecular flexibility index (Phi) is 6.65. The molecule has 7 heteroatoms. The van der Waals surface area contributed by atoms with Gasteiger partial charge >= 0.3 is 6.09 Å². The van der Waals surface area contributed by atoms with Crippen LogP contribution in [0.25, 0.3) is 22.2 Å². The minimum Gasteiger partial charge on any atom is -0.444 e. The van der Waals surface area contributed by atoms with Crippen molar-refractivity contribution in [2.24, 2.45) is 0 Å². The van der Waals surface area contributed by atoms with E-state index in [9.17, 15) is 9.90 Å². The Bertz CT molecular complexity index is 1280. The number of carbonyl (C=O) groups excluding carboxylic acids is 1. The maximum Gasteiger partial charge on any atom is 0.408 e. The van der Waals surface area contributed by atoms with Gasteiger partial charge in [0.2, 0.25) is 0 Å².